The Hall–Kier alpha value is -4.48. The number of benzene rings is 1. The summed E-state index contributed by atoms with van der Waals surface area (Å²) in [6.07, 6.45) is 14.5. The molecule has 0 aliphatic carbocycles. The van der Waals surface area contributed by atoms with E-state index in [0.29, 0.717) is 23.4 Å². The lowest BCUT2D eigenvalue weighted by Crippen LogP contribution is -2.32. The smallest absolute Gasteiger partial charge is 0.336 e. The fourth-order valence-corrected chi connectivity index (χ4v) is 5.28. The van der Waals surface area contributed by atoms with E-state index < -0.39 is 22.8 Å². The van der Waals surface area contributed by atoms with Gasteiger partial charge < -0.3 is 24.1 Å². The van der Waals surface area contributed by atoms with Gasteiger partial charge in [0.25, 0.3) is 5.69 Å². The number of carbonyl (C=O) groups excluding carboxylic acids is 3. The molecule has 1 aliphatic rings. The molecule has 44 heavy (non-hydrogen) atoms. The number of allylic oxidation sites excluding steroid dienone is 2. The molecule has 1 aliphatic heterocycles. The third-order valence-electron chi connectivity index (χ3n) is 7.49. The highest BCUT2D eigenvalue weighted by Gasteiger charge is 2.38. The third kappa shape index (κ3) is 10.1. The minimum Gasteiger partial charge on any atom is -0.466 e. The molecule has 1 aromatic heterocycles. The van der Waals surface area contributed by atoms with E-state index in [9.17, 15) is 24.5 Å². The molecule has 0 bridgehead atoms. The number of aromatic nitrogens is 2. The van der Waals surface area contributed by atoms with Crippen LogP contribution in [0.25, 0.3) is 0 Å². The second kappa shape index (κ2) is 17.6. The summed E-state index contributed by atoms with van der Waals surface area (Å²) < 4.78 is 17.7. The quantitative estimate of drug-likeness (QED) is 0.0753. The number of carbonyl (C=O) groups is 3. The summed E-state index contributed by atoms with van der Waals surface area (Å²) in [5.41, 5.74) is 1.33. The summed E-state index contributed by atoms with van der Waals surface area (Å²) in [4.78, 5) is 53.1. The van der Waals surface area contributed by atoms with Crippen molar-refractivity contribution < 1.29 is 33.5 Å². The molecule has 2 heterocycles. The first-order valence-corrected chi connectivity index (χ1v) is 15.0. The van der Waals surface area contributed by atoms with E-state index in [0.717, 1.165) is 38.6 Å². The van der Waals surface area contributed by atoms with Crippen LogP contribution in [-0.4, -0.2) is 52.7 Å². The molecule has 12 nitrogen and oxygen atoms in total. The molecule has 3 rings (SSSR count). The molecule has 1 aromatic carbocycles. The Balaban J connectivity index is 1.41. The van der Waals surface area contributed by atoms with Crippen molar-refractivity contribution in [2.24, 2.45) is 0 Å². The Labute approximate surface area is 257 Å². The predicted octanol–water partition coefficient (Wildman–Crippen LogP) is 5.50. The fourth-order valence-electron chi connectivity index (χ4n) is 5.28. The van der Waals surface area contributed by atoms with Crippen molar-refractivity contribution in [3.8, 4) is 0 Å². The van der Waals surface area contributed by atoms with Crippen molar-refractivity contribution in [1.82, 2.24) is 14.9 Å². The molecule has 2 aromatic rings. The number of rotatable bonds is 18. The van der Waals surface area contributed by atoms with E-state index in [2.05, 4.69) is 14.9 Å². The van der Waals surface area contributed by atoms with Crippen LogP contribution in [0.2, 0.25) is 0 Å². The summed E-state index contributed by atoms with van der Waals surface area (Å²) in [7, 11) is 1.22. The highest BCUT2D eigenvalue weighted by molar-refractivity contribution is 5.99. The molecule has 12 heteroatoms. The zero-order chi connectivity index (χ0) is 31.9. The molecule has 0 radical (unpaired) electrons. The number of esters is 3. The van der Waals surface area contributed by atoms with E-state index in [4.69, 9.17) is 14.2 Å². The molecular formula is C32H42N4O8. The lowest BCUT2D eigenvalue weighted by Gasteiger charge is -2.30. The first-order valence-electron chi connectivity index (χ1n) is 15.0. The molecule has 0 fully saturated rings. The average Bonchev–Trinajstić information content (AvgIpc) is 3.53. The monoisotopic (exact) mass is 610 g/mol. The summed E-state index contributed by atoms with van der Waals surface area (Å²) in [5.74, 6) is -2.73. The van der Waals surface area contributed by atoms with Crippen LogP contribution in [0.4, 0.5) is 5.69 Å². The summed E-state index contributed by atoms with van der Waals surface area (Å²) in [5, 5.41) is 14.4. The lowest BCUT2D eigenvalue weighted by molar-refractivity contribution is -0.384. The first kappa shape index (κ1) is 34.0. The van der Waals surface area contributed by atoms with Crippen molar-refractivity contribution in [3.63, 3.8) is 0 Å². The zero-order valence-electron chi connectivity index (χ0n) is 25.7. The van der Waals surface area contributed by atoms with E-state index in [1.807, 2.05) is 12.5 Å². The van der Waals surface area contributed by atoms with Crippen molar-refractivity contribution in [1.29, 1.82) is 0 Å². The van der Waals surface area contributed by atoms with Crippen LogP contribution in [0.15, 0.2) is 65.5 Å². The number of nitro benzene ring substituents is 1. The fraction of sp³-hybridized carbons (Fsp3) is 0.500. The van der Waals surface area contributed by atoms with Crippen molar-refractivity contribution >= 4 is 23.6 Å². The average molecular weight is 611 g/mol. The topological polar surface area (TPSA) is 152 Å². The van der Waals surface area contributed by atoms with Crippen molar-refractivity contribution in [2.75, 3.05) is 20.3 Å². The second-order valence-electron chi connectivity index (χ2n) is 10.7. The number of non-ortho nitro benzene ring substituents is 1. The highest BCUT2D eigenvalue weighted by atomic mass is 16.6. The molecule has 1 unspecified atom stereocenters. The summed E-state index contributed by atoms with van der Waals surface area (Å²) in [6.45, 7) is 4.03. The van der Waals surface area contributed by atoms with E-state index >= 15 is 0 Å². The minimum atomic E-state index is -0.957. The number of aryl methyl sites for hydroxylation is 1. The Morgan fingerprint density at radius 1 is 0.932 bits per heavy atom. The molecule has 0 saturated carbocycles. The normalized spacial score (nSPS) is 14.7. The highest BCUT2D eigenvalue weighted by Crippen LogP contribution is 2.40. The summed E-state index contributed by atoms with van der Waals surface area (Å²) in [6, 6.07) is 5.74. The molecule has 0 saturated heterocycles. The molecule has 1 N–H and O–H groups in total. The number of dihydropyridines is 1. The van der Waals surface area contributed by atoms with E-state index in [1.54, 1.807) is 26.1 Å². The number of nitro groups is 1. The SMILES string of the molecule is COC(=O)C1=C(C)NC(C)=C(C(=O)OCCOC(=O)CCCCCCCCCCn2ccnc2)C1c1cccc([N+](=O)[O-])c1. The van der Waals surface area contributed by atoms with Gasteiger partial charge in [0.15, 0.2) is 0 Å². The van der Waals surface area contributed by atoms with Gasteiger partial charge in [0.05, 0.1) is 35.4 Å². The minimum absolute atomic E-state index is 0.108. The van der Waals surface area contributed by atoms with Crippen LogP contribution < -0.4 is 5.32 Å². The Kier molecular flexibility index (Phi) is 13.6. The third-order valence-corrected chi connectivity index (χ3v) is 7.49. The largest absolute Gasteiger partial charge is 0.466 e. The second-order valence-corrected chi connectivity index (χ2v) is 10.7. The van der Waals surface area contributed by atoms with Gasteiger partial charge in [-0.3, -0.25) is 14.9 Å². The predicted molar refractivity (Wildman–Crippen MR) is 162 cm³/mol. The number of imidazole rings is 1. The van der Waals surface area contributed by atoms with Gasteiger partial charge in [-0.25, -0.2) is 14.6 Å². The Morgan fingerprint density at radius 2 is 1.57 bits per heavy atom. The van der Waals surface area contributed by atoms with E-state index in [-0.39, 0.29) is 36.0 Å². The van der Waals surface area contributed by atoms with Crippen molar-refractivity contribution in [3.05, 3.63) is 81.2 Å². The van der Waals surface area contributed by atoms with Gasteiger partial charge in [0, 0.05) is 48.9 Å². The Bertz CT molecular complexity index is 1350. The van der Waals surface area contributed by atoms with Crippen molar-refractivity contribution in [2.45, 2.75) is 84.1 Å². The van der Waals surface area contributed by atoms with Crippen LogP contribution in [0.5, 0.6) is 0 Å². The van der Waals surface area contributed by atoms with Crippen LogP contribution >= 0.6 is 0 Å². The number of unbranched alkanes of at least 4 members (excludes halogenated alkanes) is 7. The molecule has 1 atom stereocenters. The van der Waals surface area contributed by atoms with Crippen LogP contribution in [0.1, 0.15) is 83.1 Å². The number of hydrogen-bond donors (Lipinski definition) is 1. The van der Waals surface area contributed by atoms with Gasteiger partial charge in [-0.1, -0.05) is 50.7 Å². The van der Waals surface area contributed by atoms with Gasteiger partial charge in [-0.05, 0) is 32.3 Å². The van der Waals surface area contributed by atoms with Gasteiger partial charge in [-0.15, -0.1) is 0 Å². The van der Waals surface area contributed by atoms with Crippen LogP contribution in [0.3, 0.4) is 0 Å². The maximum atomic E-state index is 13.3. The number of hydrogen-bond acceptors (Lipinski definition) is 10. The number of ether oxygens (including phenoxy) is 3. The molecular weight excluding hydrogens is 568 g/mol. The number of nitrogens with one attached hydrogen (secondary N) is 1. The standard InChI is InChI=1S/C32H42N4O8/c1-23-28(31(38)42-3)30(25-13-12-14-26(21-25)36(40)41)29(24(2)34-23)32(39)44-20-19-43-27(37)15-10-8-6-4-5-7-9-11-17-35-18-16-33-22-35/h12-14,16,18,21-22,30,34H,4-11,15,17,19-20H2,1-3H3. The lowest BCUT2D eigenvalue weighted by atomic mass is 9.80. The maximum Gasteiger partial charge on any atom is 0.336 e. The molecule has 238 valence electrons. The zero-order valence-corrected chi connectivity index (χ0v) is 25.7. The number of methoxy groups -OCH3 is 1. The van der Waals surface area contributed by atoms with Gasteiger partial charge in [0.2, 0.25) is 0 Å². The molecule has 0 amide bonds. The molecule has 0 spiro atoms. The van der Waals surface area contributed by atoms with Crippen LogP contribution in [0, 0.1) is 10.1 Å². The van der Waals surface area contributed by atoms with Gasteiger partial charge >= 0.3 is 17.9 Å². The van der Waals surface area contributed by atoms with Crippen LogP contribution in [-0.2, 0) is 35.1 Å². The summed E-state index contributed by atoms with van der Waals surface area (Å²) >= 11 is 0. The number of nitrogens with zero attached hydrogens (tertiary/aromatic N) is 3. The Morgan fingerprint density at radius 3 is 2.20 bits per heavy atom. The first-order chi connectivity index (χ1) is 21.2. The van der Waals surface area contributed by atoms with Gasteiger partial charge in [0.1, 0.15) is 13.2 Å². The maximum absolute atomic E-state index is 13.3. The van der Waals surface area contributed by atoms with E-state index in [1.165, 1.54) is 44.6 Å². The van der Waals surface area contributed by atoms with Gasteiger partial charge in [-0.2, -0.15) is 0 Å².